The van der Waals surface area contributed by atoms with Gasteiger partial charge in [-0.1, -0.05) is 41.4 Å². The fourth-order valence-corrected chi connectivity index (χ4v) is 5.84. The second-order valence-electron chi connectivity index (χ2n) is 10.3. The number of nitrogens with zero attached hydrogens (tertiary/aromatic N) is 3. The summed E-state index contributed by atoms with van der Waals surface area (Å²) in [5, 5.41) is 4.27. The SMILES string of the molecule is COC(=O)CCC1=CN(C2C[C@H](OC)CN2C(=O)Cc2cc(Cl)c(NC(=O)c3cn(C)c4ccccc34)cc2Cl)CO1. The molecule has 0 aliphatic carbocycles. The first-order valence-corrected chi connectivity index (χ1v) is 14.3. The second kappa shape index (κ2) is 12.6. The van der Waals surface area contributed by atoms with Crippen molar-refractivity contribution in [3.05, 3.63) is 75.7 Å². The van der Waals surface area contributed by atoms with E-state index in [2.05, 4.69) is 5.32 Å². The molecule has 42 heavy (non-hydrogen) atoms. The number of aromatic nitrogens is 1. The molecule has 2 aliphatic heterocycles. The van der Waals surface area contributed by atoms with E-state index in [-0.39, 0.29) is 54.6 Å². The van der Waals surface area contributed by atoms with Gasteiger partial charge in [0, 0.05) is 61.9 Å². The van der Waals surface area contributed by atoms with Gasteiger partial charge in [0.05, 0.1) is 42.3 Å². The highest BCUT2D eigenvalue weighted by atomic mass is 35.5. The third-order valence-corrected chi connectivity index (χ3v) is 8.31. The Kier molecular flexibility index (Phi) is 8.96. The third-order valence-electron chi connectivity index (χ3n) is 7.65. The maximum Gasteiger partial charge on any atom is 0.305 e. The van der Waals surface area contributed by atoms with Crippen molar-refractivity contribution in [2.24, 2.45) is 7.05 Å². The van der Waals surface area contributed by atoms with Gasteiger partial charge in [-0.15, -0.1) is 0 Å². The number of hydrogen-bond acceptors (Lipinski definition) is 7. The van der Waals surface area contributed by atoms with Crippen LogP contribution in [0.4, 0.5) is 5.69 Å². The summed E-state index contributed by atoms with van der Waals surface area (Å²) in [5.41, 5.74) is 2.35. The molecule has 2 atom stereocenters. The summed E-state index contributed by atoms with van der Waals surface area (Å²) < 4.78 is 17.9. The second-order valence-corrected chi connectivity index (χ2v) is 11.1. The fraction of sp³-hybridized carbons (Fsp3) is 0.367. The monoisotopic (exact) mass is 614 g/mol. The number of rotatable bonds is 9. The lowest BCUT2D eigenvalue weighted by atomic mass is 10.1. The average Bonchev–Trinajstić information content (AvgIpc) is 3.71. The van der Waals surface area contributed by atoms with Crippen molar-refractivity contribution in [3.63, 3.8) is 0 Å². The van der Waals surface area contributed by atoms with E-state index < -0.39 is 0 Å². The molecule has 0 saturated carbocycles. The van der Waals surface area contributed by atoms with E-state index >= 15 is 0 Å². The lowest BCUT2D eigenvalue weighted by Crippen LogP contribution is -2.45. The van der Waals surface area contributed by atoms with E-state index in [0.717, 1.165) is 10.9 Å². The first-order valence-electron chi connectivity index (χ1n) is 13.5. The minimum absolute atomic E-state index is 0.0106. The third kappa shape index (κ3) is 6.21. The number of anilines is 1. The van der Waals surface area contributed by atoms with Crippen LogP contribution in [0.1, 0.15) is 35.2 Å². The normalized spacial score (nSPS) is 18.3. The number of aryl methyl sites for hydroxylation is 1. The number of amides is 2. The highest BCUT2D eigenvalue weighted by Gasteiger charge is 2.39. The Morgan fingerprint density at radius 1 is 1.12 bits per heavy atom. The van der Waals surface area contributed by atoms with Gasteiger partial charge in [0.2, 0.25) is 5.91 Å². The van der Waals surface area contributed by atoms with Crippen molar-refractivity contribution in [1.82, 2.24) is 14.4 Å². The van der Waals surface area contributed by atoms with Gasteiger partial charge in [-0.05, 0) is 23.8 Å². The number of carbonyl (C=O) groups excluding carboxylic acids is 3. The van der Waals surface area contributed by atoms with Gasteiger partial charge in [-0.2, -0.15) is 0 Å². The van der Waals surface area contributed by atoms with Crippen molar-refractivity contribution in [3.8, 4) is 0 Å². The Bertz CT molecular complexity index is 1550. The molecule has 222 valence electrons. The van der Waals surface area contributed by atoms with Crippen molar-refractivity contribution in [2.75, 3.05) is 32.8 Å². The zero-order valence-corrected chi connectivity index (χ0v) is 25.1. The predicted octanol–water partition coefficient (Wildman–Crippen LogP) is 4.94. The molecule has 2 aromatic carbocycles. The summed E-state index contributed by atoms with van der Waals surface area (Å²) in [6, 6.07) is 10.8. The highest BCUT2D eigenvalue weighted by Crippen LogP contribution is 2.33. The van der Waals surface area contributed by atoms with E-state index in [4.69, 9.17) is 37.4 Å². The molecule has 1 unspecified atom stereocenters. The number of benzene rings is 2. The topological polar surface area (TPSA) is 102 Å². The Morgan fingerprint density at radius 2 is 1.90 bits per heavy atom. The zero-order chi connectivity index (χ0) is 30.0. The van der Waals surface area contributed by atoms with E-state index in [1.54, 1.807) is 30.3 Å². The highest BCUT2D eigenvalue weighted by molar-refractivity contribution is 6.36. The van der Waals surface area contributed by atoms with E-state index in [0.29, 0.717) is 47.0 Å². The van der Waals surface area contributed by atoms with Gasteiger partial charge in [-0.3, -0.25) is 14.4 Å². The minimum Gasteiger partial charge on any atom is -0.476 e. The number of ether oxygens (including phenoxy) is 3. The number of carbonyl (C=O) groups is 3. The number of methoxy groups -OCH3 is 2. The number of allylic oxidation sites excluding steroid dienone is 1. The largest absolute Gasteiger partial charge is 0.476 e. The first kappa shape index (κ1) is 29.8. The molecular weight excluding hydrogens is 583 g/mol. The molecule has 1 saturated heterocycles. The summed E-state index contributed by atoms with van der Waals surface area (Å²) in [6.45, 7) is 0.672. The molecule has 5 rings (SSSR count). The number of esters is 1. The zero-order valence-electron chi connectivity index (χ0n) is 23.6. The summed E-state index contributed by atoms with van der Waals surface area (Å²) >= 11 is 13.2. The van der Waals surface area contributed by atoms with Crippen LogP contribution in [-0.4, -0.2) is 71.9 Å². The van der Waals surface area contributed by atoms with Gasteiger partial charge < -0.3 is 33.9 Å². The van der Waals surface area contributed by atoms with Crippen LogP contribution in [0, 0.1) is 0 Å². The minimum atomic E-state index is -0.315. The van der Waals surface area contributed by atoms with Gasteiger partial charge in [-0.25, -0.2) is 0 Å². The molecule has 0 spiro atoms. The smallest absolute Gasteiger partial charge is 0.305 e. The van der Waals surface area contributed by atoms with Gasteiger partial charge in [0.1, 0.15) is 11.9 Å². The number of nitrogens with one attached hydrogen (secondary N) is 1. The molecule has 1 fully saturated rings. The van der Waals surface area contributed by atoms with Crippen molar-refractivity contribution in [2.45, 2.75) is 38.0 Å². The molecule has 0 bridgehead atoms. The van der Waals surface area contributed by atoms with Crippen LogP contribution in [0.5, 0.6) is 0 Å². The lowest BCUT2D eigenvalue weighted by Gasteiger charge is -2.31. The molecule has 10 nitrogen and oxygen atoms in total. The van der Waals surface area contributed by atoms with Crippen LogP contribution in [0.3, 0.4) is 0 Å². The van der Waals surface area contributed by atoms with Crippen molar-refractivity contribution >= 4 is 57.6 Å². The molecule has 2 aliphatic rings. The molecule has 0 radical (unpaired) electrons. The standard InChI is InChI=1S/C30H32Cl2N4O6/c1-34-16-22(21-6-4-5-7-26(21)34)30(39)33-25-13-23(31)18(10-24(25)32)11-28(37)36-15-20(40-2)12-27(36)35-14-19(42-17-35)8-9-29(38)41-3/h4-7,10,13-14,16,20,27H,8-9,11-12,15,17H2,1-3H3,(H,33,39)/t20-,27?/m0/s1. The molecule has 1 N–H and O–H groups in total. The number of hydrogen-bond donors (Lipinski definition) is 1. The maximum absolute atomic E-state index is 13.6. The molecular formula is C30H32Cl2N4O6. The van der Waals surface area contributed by atoms with Gasteiger partial charge in [0.25, 0.3) is 5.91 Å². The van der Waals surface area contributed by atoms with Crippen LogP contribution in [-0.2, 0) is 37.3 Å². The van der Waals surface area contributed by atoms with Crippen molar-refractivity contribution in [1.29, 1.82) is 0 Å². The number of para-hydroxylation sites is 1. The van der Waals surface area contributed by atoms with Gasteiger partial charge in [0.15, 0.2) is 6.73 Å². The Labute approximate surface area is 253 Å². The van der Waals surface area contributed by atoms with E-state index in [1.165, 1.54) is 7.11 Å². The van der Waals surface area contributed by atoms with Crippen LogP contribution in [0.2, 0.25) is 10.0 Å². The predicted molar refractivity (Wildman–Crippen MR) is 159 cm³/mol. The summed E-state index contributed by atoms with van der Waals surface area (Å²) in [5.74, 6) is -0.123. The molecule has 2 amide bonds. The maximum atomic E-state index is 13.6. The summed E-state index contributed by atoms with van der Waals surface area (Å²) in [7, 11) is 4.85. The van der Waals surface area contributed by atoms with Crippen molar-refractivity contribution < 1.29 is 28.6 Å². The summed E-state index contributed by atoms with van der Waals surface area (Å²) in [6.07, 6.45) is 4.41. The molecule has 1 aromatic heterocycles. The van der Waals surface area contributed by atoms with Gasteiger partial charge >= 0.3 is 5.97 Å². The van der Waals surface area contributed by atoms with Crippen LogP contribution in [0.25, 0.3) is 10.9 Å². The van der Waals surface area contributed by atoms with Crippen LogP contribution in [0.15, 0.2) is 54.6 Å². The Morgan fingerprint density at radius 3 is 2.67 bits per heavy atom. The van der Waals surface area contributed by atoms with E-state index in [9.17, 15) is 14.4 Å². The average molecular weight is 616 g/mol. The number of fused-ring (bicyclic) bond motifs is 1. The van der Waals surface area contributed by atoms with Crippen LogP contribution >= 0.6 is 23.2 Å². The lowest BCUT2D eigenvalue weighted by molar-refractivity contribution is -0.140. The number of likely N-dealkylation sites (tertiary alicyclic amines) is 1. The Balaban J connectivity index is 1.28. The Hall–Kier alpha value is -3.73. The molecule has 12 heteroatoms. The fourth-order valence-electron chi connectivity index (χ4n) is 5.38. The first-order chi connectivity index (χ1) is 20.2. The summed E-state index contributed by atoms with van der Waals surface area (Å²) in [4.78, 5) is 41.9. The van der Waals surface area contributed by atoms with Crippen LogP contribution < -0.4 is 5.32 Å². The quantitative estimate of drug-likeness (QED) is 0.341. The molecule has 3 aromatic rings. The van der Waals surface area contributed by atoms with E-state index in [1.807, 2.05) is 47.0 Å². The molecule has 3 heterocycles. The number of halogens is 2.